The molecule has 2 saturated carbocycles. The molecule has 82 valence electrons. The summed E-state index contributed by atoms with van der Waals surface area (Å²) >= 11 is 0. The maximum Gasteiger partial charge on any atom is 0.00806 e. The van der Waals surface area contributed by atoms with Crippen LogP contribution in [-0.2, 0) is 0 Å². The lowest BCUT2D eigenvalue weighted by molar-refractivity contribution is -0.0182. The predicted molar refractivity (Wildman–Crippen MR) is 61.3 cm³/mol. The summed E-state index contributed by atoms with van der Waals surface area (Å²) in [7, 11) is 0. The van der Waals surface area contributed by atoms with E-state index >= 15 is 0 Å². The fourth-order valence-electron chi connectivity index (χ4n) is 3.17. The maximum absolute atomic E-state index is 3.75. The molecule has 0 aromatic rings. The standard InChI is InChI=1S/C13H25N/c1-9(2)13(10(3)4)7-12(8-13)14-11-5-6-11/h9-12,14H,5-8H2,1-4H3. The van der Waals surface area contributed by atoms with Gasteiger partial charge >= 0.3 is 0 Å². The normalized spacial score (nSPS) is 27.0. The quantitative estimate of drug-likeness (QED) is 0.726. The van der Waals surface area contributed by atoms with Crippen LogP contribution in [0, 0.1) is 17.3 Å². The second kappa shape index (κ2) is 3.52. The van der Waals surface area contributed by atoms with Gasteiger partial charge in [0.25, 0.3) is 0 Å². The smallest absolute Gasteiger partial charge is 0.00806 e. The Hall–Kier alpha value is -0.0400. The average Bonchev–Trinajstić information content (AvgIpc) is 2.76. The first-order valence-electron chi connectivity index (χ1n) is 6.30. The van der Waals surface area contributed by atoms with Crippen molar-refractivity contribution in [3.8, 4) is 0 Å². The Kier molecular flexibility index (Phi) is 2.63. The molecule has 2 rings (SSSR count). The molecule has 14 heavy (non-hydrogen) atoms. The van der Waals surface area contributed by atoms with Crippen LogP contribution in [-0.4, -0.2) is 12.1 Å². The predicted octanol–water partition coefficient (Wildman–Crippen LogP) is 3.20. The van der Waals surface area contributed by atoms with E-state index in [1.807, 2.05) is 0 Å². The molecule has 2 fully saturated rings. The molecular weight excluding hydrogens is 170 g/mol. The van der Waals surface area contributed by atoms with E-state index in [1.165, 1.54) is 25.7 Å². The summed E-state index contributed by atoms with van der Waals surface area (Å²) in [6, 6.07) is 1.73. The molecule has 0 amide bonds. The summed E-state index contributed by atoms with van der Waals surface area (Å²) < 4.78 is 0. The Morgan fingerprint density at radius 2 is 1.43 bits per heavy atom. The molecule has 2 aliphatic carbocycles. The van der Waals surface area contributed by atoms with E-state index in [4.69, 9.17) is 0 Å². The highest BCUT2D eigenvalue weighted by atomic mass is 15.0. The Bertz CT molecular complexity index is 187. The van der Waals surface area contributed by atoms with Crippen molar-refractivity contribution in [1.29, 1.82) is 0 Å². The number of hydrogen-bond acceptors (Lipinski definition) is 1. The molecule has 1 N–H and O–H groups in total. The monoisotopic (exact) mass is 195 g/mol. The second-order valence-corrected chi connectivity index (χ2v) is 6.09. The van der Waals surface area contributed by atoms with Crippen molar-refractivity contribution in [3.05, 3.63) is 0 Å². The van der Waals surface area contributed by atoms with Crippen molar-refractivity contribution in [2.75, 3.05) is 0 Å². The van der Waals surface area contributed by atoms with Crippen molar-refractivity contribution in [1.82, 2.24) is 5.32 Å². The van der Waals surface area contributed by atoms with Gasteiger partial charge in [0.05, 0.1) is 0 Å². The van der Waals surface area contributed by atoms with Crippen molar-refractivity contribution in [3.63, 3.8) is 0 Å². The van der Waals surface area contributed by atoms with E-state index in [-0.39, 0.29) is 0 Å². The van der Waals surface area contributed by atoms with Gasteiger partial charge in [-0.1, -0.05) is 27.7 Å². The van der Waals surface area contributed by atoms with Gasteiger partial charge in [0.15, 0.2) is 0 Å². The number of nitrogens with one attached hydrogen (secondary N) is 1. The van der Waals surface area contributed by atoms with E-state index in [2.05, 4.69) is 33.0 Å². The Balaban J connectivity index is 1.85. The first kappa shape index (κ1) is 10.5. The van der Waals surface area contributed by atoms with Crippen LogP contribution in [0.5, 0.6) is 0 Å². The van der Waals surface area contributed by atoms with Crippen LogP contribution in [0.4, 0.5) is 0 Å². The summed E-state index contributed by atoms with van der Waals surface area (Å²) in [5.41, 5.74) is 0.645. The number of rotatable bonds is 4. The highest BCUT2D eigenvalue weighted by Gasteiger charge is 2.49. The molecule has 0 unspecified atom stereocenters. The third kappa shape index (κ3) is 1.71. The Morgan fingerprint density at radius 3 is 1.79 bits per heavy atom. The van der Waals surface area contributed by atoms with Crippen LogP contribution in [0.25, 0.3) is 0 Å². The highest BCUT2D eigenvalue weighted by molar-refractivity contribution is 5.03. The lowest BCUT2D eigenvalue weighted by atomic mass is 9.54. The summed E-state index contributed by atoms with van der Waals surface area (Å²) in [5.74, 6) is 1.69. The molecule has 0 atom stereocenters. The summed E-state index contributed by atoms with van der Waals surface area (Å²) in [6.07, 6.45) is 5.68. The van der Waals surface area contributed by atoms with Crippen LogP contribution in [0.1, 0.15) is 53.4 Å². The van der Waals surface area contributed by atoms with E-state index in [9.17, 15) is 0 Å². The minimum Gasteiger partial charge on any atom is -0.311 e. The molecule has 1 nitrogen and oxygen atoms in total. The van der Waals surface area contributed by atoms with Gasteiger partial charge in [-0.25, -0.2) is 0 Å². The molecule has 0 aromatic heterocycles. The first-order chi connectivity index (χ1) is 6.54. The SMILES string of the molecule is CC(C)C1(C(C)C)CC(NC2CC2)C1. The van der Waals surface area contributed by atoms with Crippen molar-refractivity contribution >= 4 is 0 Å². The summed E-state index contributed by atoms with van der Waals surface area (Å²) in [6.45, 7) is 9.58. The van der Waals surface area contributed by atoms with Gasteiger partial charge in [-0.15, -0.1) is 0 Å². The zero-order valence-electron chi connectivity index (χ0n) is 10.1. The maximum atomic E-state index is 3.75. The fraction of sp³-hybridized carbons (Fsp3) is 1.00. The van der Waals surface area contributed by atoms with E-state index in [0.717, 1.165) is 23.9 Å². The third-order valence-electron chi connectivity index (χ3n) is 4.60. The van der Waals surface area contributed by atoms with Gasteiger partial charge in [-0.3, -0.25) is 0 Å². The molecule has 1 heteroatoms. The van der Waals surface area contributed by atoms with E-state index in [1.54, 1.807) is 0 Å². The molecule has 2 aliphatic rings. The molecule has 0 radical (unpaired) electrons. The van der Waals surface area contributed by atoms with Gasteiger partial charge in [0, 0.05) is 12.1 Å². The average molecular weight is 195 g/mol. The van der Waals surface area contributed by atoms with E-state index < -0.39 is 0 Å². The molecule has 0 heterocycles. The lowest BCUT2D eigenvalue weighted by Gasteiger charge is -2.54. The minimum atomic E-state index is 0.645. The topological polar surface area (TPSA) is 12.0 Å². The lowest BCUT2D eigenvalue weighted by Crippen LogP contribution is -2.54. The minimum absolute atomic E-state index is 0.645. The van der Waals surface area contributed by atoms with Crippen molar-refractivity contribution < 1.29 is 0 Å². The molecular formula is C13H25N. The zero-order valence-corrected chi connectivity index (χ0v) is 10.1. The molecule has 0 spiro atoms. The summed E-state index contributed by atoms with van der Waals surface area (Å²) in [5, 5.41) is 3.75. The van der Waals surface area contributed by atoms with Gasteiger partial charge < -0.3 is 5.32 Å². The highest BCUT2D eigenvalue weighted by Crippen LogP contribution is 2.52. The summed E-state index contributed by atoms with van der Waals surface area (Å²) in [4.78, 5) is 0. The van der Waals surface area contributed by atoms with Crippen LogP contribution < -0.4 is 5.32 Å². The van der Waals surface area contributed by atoms with E-state index in [0.29, 0.717) is 5.41 Å². The first-order valence-corrected chi connectivity index (χ1v) is 6.30. The van der Waals surface area contributed by atoms with Crippen LogP contribution in [0.15, 0.2) is 0 Å². The molecule has 0 aromatic carbocycles. The van der Waals surface area contributed by atoms with Crippen molar-refractivity contribution in [2.45, 2.75) is 65.5 Å². The third-order valence-corrected chi connectivity index (χ3v) is 4.60. The zero-order chi connectivity index (χ0) is 10.3. The molecule has 0 aliphatic heterocycles. The Labute approximate surface area is 88.7 Å². The largest absolute Gasteiger partial charge is 0.311 e. The van der Waals surface area contributed by atoms with Crippen LogP contribution >= 0.6 is 0 Å². The van der Waals surface area contributed by atoms with Gasteiger partial charge in [0.1, 0.15) is 0 Å². The molecule has 0 bridgehead atoms. The van der Waals surface area contributed by atoms with Gasteiger partial charge in [-0.05, 0) is 42.9 Å². The van der Waals surface area contributed by atoms with Gasteiger partial charge in [0.2, 0.25) is 0 Å². The molecule has 0 saturated heterocycles. The Morgan fingerprint density at radius 1 is 0.929 bits per heavy atom. The number of hydrogen-bond donors (Lipinski definition) is 1. The second-order valence-electron chi connectivity index (χ2n) is 6.09. The van der Waals surface area contributed by atoms with Crippen LogP contribution in [0.3, 0.4) is 0 Å². The van der Waals surface area contributed by atoms with Gasteiger partial charge in [-0.2, -0.15) is 0 Å². The van der Waals surface area contributed by atoms with Crippen molar-refractivity contribution in [2.24, 2.45) is 17.3 Å². The fourth-order valence-corrected chi connectivity index (χ4v) is 3.17. The van der Waals surface area contributed by atoms with Crippen LogP contribution in [0.2, 0.25) is 0 Å².